The molecule has 0 radical (unpaired) electrons. The van der Waals surface area contributed by atoms with Gasteiger partial charge in [0.2, 0.25) is 0 Å². The predicted molar refractivity (Wildman–Crippen MR) is 77.9 cm³/mol. The zero-order valence-corrected chi connectivity index (χ0v) is 11.9. The molecule has 1 saturated heterocycles. The van der Waals surface area contributed by atoms with Gasteiger partial charge < -0.3 is 4.90 Å². The summed E-state index contributed by atoms with van der Waals surface area (Å²) in [6.07, 6.45) is 1.12. The molecule has 0 unspecified atom stereocenters. The molecule has 1 heterocycles. The smallest absolute Gasteiger partial charge is 0.164 e. The molecule has 92 valence electrons. The summed E-state index contributed by atoms with van der Waals surface area (Å²) in [6, 6.07) is 5.47. The van der Waals surface area contributed by atoms with E-state index in [0.29, 0.717) is 15.7 Å². The Hall–Kier alpha value is -0.380. The Morgan fingerprint density at radius 3 is 2.71 bits per heavy atom. The summed E-state index contributed by atoms with van der Waals surface area (Å²) in [5, 5.41) is 2.24. The highest BCUT2D eigenvalue weighted by Gasteiger charge is 2.19. The predicted octanol–water partition coefficient (Wildman–Crippen LogP) is 4.44. The van der Waals surface area contributed by atoms with Gasteiger partial charge in [-0.25, -0.2) is 4.99 Å². The van der Waals surface area contributed by atoms with Gasteiger partial charge in [0.25, 0.3) is 0 Å². The van der Waals surface area contributed by atoms with Crippen molar-refractivity contribution in [1.29, 1.82) is 0 Å². The fourth-order valence-corrected chi connectivity index (χ4v) is 3.20. The van der Waals surface area contributed by atoms with Gasteiger partial charge in [-0.15, -0.1) is 0 Å². The van der Waals surface area contributed by atoms with Crippen molar-refractivity contribution in [3.8, 4) is 0 Å². The lowest BCUT2D eigenvalue weighted by Crippen LogP contribution is -2.24. The number of amidine groups is 1. The molecule has 0 amide bonds. The second-order valence-corrected chi connectivity index (χ2v) is 5.68. The van der Waals surface area contributed by atoms with Crippen molar-refractivity contribution in [2.45, 2.75) is 13.3 Å². The van der Waals surface area contributed by atoms with Gasteiger partial charge in [0.05, 0.1) is 10.0 Å². The lowest BCUT2D eigenvalue weighted by Gasteiger charge is -2.16. The van der Waals surface area contributed by atoms with E-state index < -0.39 is 0 Å². The molecule has 1 fully saturated rings. The molecule has 0 atom stereocenters. The van der Waals surface area contributed by atoms with Gasteiger partial charge >= 0.3 is 0 Å². The number of hydrogen-bond acceptors (Lipinski definition) is 2. The molecular weight excluding hydrogens is 275 g/mol. The average Bonchev–Trinajstić information content (AvgIpc) is 2.72. The minimum atomic E-state index is 0.606. The monoisotopic (exact) mass is 288 g/mol. The number of halogens is 2. The van der Waals surface area contributed by atoms with Crippen LogP contribution in [0, 0.1) is 0 Å². The Kier molecular flexibility index (Phi) is 4.60. The van der Waals surface area contributed by atoms with Gasteiger partial charge in [0.1, 0.15) is 5.69 Å². The highest BCUT2D eigenvalue weighted by atomic mass is 35.5. The molecule has 0 spiro atoms. The molecule has 0 bridgehead atoms. The summed E-state index contributed by atoms with van der Waals surface area (Å²) in [5.74, 6) is 1.08. The van der Waals surface area contributed by atoms with Crippen LogP contribution in [0.15, 0.2) is 23.2 Å². The van der Waals surface area contributed by atoms with Crippen molar-refractivity contribution in [2.24, 2.45) is 4.99 Å². The maximum absolute atomic E-state index is 6.11. The minimum absolute atomic E-state index is 0.606. The summed E-state index contributed by atoms with van der Waals surface area (Å²) >= 11 is 14.0. The summed E-state index contributed by atoms with van der Waals surface area (Å²) < 4.78 is 0. The van der Waals surface area contributed by atoms with Gasteiger partial charge in [-0.05, 0) is 18.6 Å². The largest absolute Gasteiger partial charge is 0.350 e. The fraction of sp³-hybridized carbons (Fsp3) is 0.417. The molecule has 0 N–H and O–H groups in total. The number of aliphatic imine (C=N–C) groups is 1. The number of rotatable bonds is 3. The Morgan fingerprint density at radius 1 is 1.35 bits per heavy atom. The number of thioether (sulfide) groups is 1. The SMILES string of the molecule is CCCN1CCSC1=Nc1c(Cl)cccc1Cl. The van der Waals surface area contributed by atoms with E-state index in [1.165, 1.54) is 0 Å². The van der Waals surface area contributed by atoms with Crippen LogP contribution >= 0.6 is 35.0 Å². The zero-order chi connectivity index (χ0) is 12.3. The highest BCUT2D eigenvalue weighted by molar-refractivity contribution is 8.14. The van der Waals surface area contributed by atoms with Crippen LogP contribution in [0.2, 0.25) is 10.0 Å². The molecule has 17 heavy (non-hydrogen) atoms. The Labute approximate surface area is 116 Å². The van der Waals surface area contributed by atoms with Crippen LogP contribution in [0.25, 0.3) is 0 Å². The van der Waals surface area contributed by atoms with Crippen molar-refractivity contribution in [2.75, 3.05) is 18.8 Å². The molecule has 1 aliphatic rings. The zero-order valence-electron chi connectivity index (χ0n) is 9.62. The highest BCUT2D eigenvalue weighted by Crippen LogP contribution is 2.34. The quantitative estimate of drug-likeness (QED) is 0.817. The molecular formula is C12H14Cl2N2S. The topological polar surface area (TPSA) is 15.6 Å². The van der Waals surface area contributed by atoms with Crippen LogP contribution < -0.4 is 0 Å². The lowest BCUT2D eigenvalue weighted by atomic mass is 10.3. The third-order valence-electron chi connectivity index (χ3n) is 2.50. The third-order valence-corrected chi connectivity index (χ3v) is 4.11. The van der Waals surface area contributed by atoms with Crippen molar-refractivity contribution in [1.82, 2.24) is 4.90 Å². The molecule has 0 aromatic heterocycles. The molecule has 2 nitrogen and oxygen atoms in total. The normalized spacial score (nSPS) is 18.1. The van der Waals surface area contributed by atoms with E-state index in [-0.39, 0.29) is 0 Å². The first-order chi connectivity index (χ1) is 8.22. The molecule has 2 rings (SSSR count). The van der Waals surface area contributed by atoms with E-state index in [9.17, 15) is 0 Å². The average molecular weight is 289 g/mol. The van der Waals surface area contributed by atoms with Crippen LogP contribution in [-0.4, -0.2) is 28.9 Å². The Bertz CT molecular complexity index is 414. The van der Waals surface area contributed by atoms with Gasteiger partial charge in [-0.2, -0.15) is 0 Å². The van der Waals surface area contributed by atoms with Crippen LogP contribution in [0.5, 0.6) is 0 Å². The molecule has 0 aliphatic carbocycles. The van der Waals surface area contributed by atoms with E-state index >= 15 is 0 Å². The number of nitrogens with zero attached hydrogens (tertiary/aromatic N) is 2. The number of para-hydroxylation sites is 1. The second kappa shape index (κ2) is 5.98. The molecule has 1 aliphatic heterocycles. The van der Waals surface area contributed by atoms with E-state index in [2.05, 4.69) is 16.8 Å². The van der Waals surface area contributed by atoms with E-state index in [0.717, 1.165) is 30.4 Å². The molecule has 5 heteroatoms. The first kappa shape index (κ1) is 13.1. The van der Waals surface area contributed by atoms with Crippen LogP contribution in [-0.2, 0) is 0 Å². The maximum Gasteiger partial charge on any atom is 0.164 e. The third kappa shape index (κ3) is 3.09. The standard InChI is InChI=1S/C12H14Cl2N2S/c1-2-6-16-7-8-17-12(16)15-11-9(13)4-3-5-10(11)14/h3-5H,2,6-8H2,1H3. The molecule has 0 saturated carbocycles. The summed E-state index contributed by atoms with van der Waals surface area (Å²) in [6.45, 7) is 4.26. The van der Waals surface area contributed by atoms with E-state index in [1.807, 2.05) is 18.2 Å². The van der Waals surface area contributed by atoms with Crippen molar-refractivity contribution in [3.63, 3.8) is 0 Å². The van der Waals surface area contributed by atoms with Crippen molar-refractivity contribution >= 4 is 45.8 Å². The van der Waals surface area contributed by atoms with Crippen LogP contribution in [0.3, 0.4) is 0 Å². The minimum Gasteiger partial charge on any atom is -0.350 e. The Morgan fingerprint density at radius 2 is 2.06 bits per heavy atom. The van der Waals surface area contributed by atoms with Gasteiger partial charge in [-0.3, -0.25) is 0 Å². The second-order valence-electron chi connectivity index (χ2n) is 3.80. The first-order valence-electron chi connectivity index (χ1n) is 5.63. The van der Waals surface area contributed by atoms with Gasteiger partial charge in [0, 0.05) is 18.8 Å². The summed E-state index contributed by atoms with van der Waals surface area (Å²) in [5.41, 5.74) is 0.682. The maximum atomic E-state index is 6.11. The van der Waals surface area contributed by atoms with Crippen molar-refractivity contribution < 1.29 is 0 Å². The lowest BCUT2D eigenvalue weighted by molar-refractivity contribution is 0.460. The van der Waals surface area contributed by atoms with Crippen molar-refractivity contribution in [3.05, 3.63) is 28.2 Å². The summed E-state index contributed by atoms with van der Waals surface area (Å²) in [7, 11) is 0. The van der Waals surface area contributed by atoms with Gasteiger partial charge in [0.15, 0.2) is 5.17 Å². The number of hydrogen-bond donors (Lipinski definition) is 0. The summed E-state index contributed by atoms with van der Waals surface area (Å²) in [4.78, 5) is 6.88. The van der Waals surface area contributed by atoms with E-state index in [1.54, 1.807) is 11.8 Å². The Balaban J connectivity index is 2.29. The molecule has 1 aromatic rings. The van der Waals surface area contributed by atoms with Gasteiger partial charge in [-0.1, -0.05) is 48.0 Å². The first-order valence-corrected chi connectivity index (χ1v) is 7.37. The molecule has 1 aromatic carbocycles. The van der Waals surface area contributed by atoms with E-state index in [4.69, 9.17) is 23.2 Å². The number of benzene rings is 1. The van der Waals surface area contributed by atoms with Crippen LogP contribution in [0.4, 0.5) is 5.69 Å². The van der Waals surface area contributed by atoms with Crippen LogP contribution in [0.1, 0.15) is 13.3 Å². The fourth-order valence-electron chi connectivity index (χ4n) is 1.71.